The van der Waals surface area contributed by atoms with Gasteiger partial charge in [0, 0.05) is 25.2 Å². The molecule has 0 radical (unpaired) electrons. The molecular weight excluding hydrogens is 360 g/mol. The second kappa shape index (κ2) is 10.3. The van der Waals surface area contributed by atoms with Crippen molar-refractivity contribution < 1.29 is 9.53 Å². The molecule has 3 rings (SSSR count). The number of hydrogen-bond donors (Lipinski definition) is 1. The van der Waals surface area contributed by atoms with E-state index < -0.39 is 0 Å². The minimum Gasteiger partial charge on any atom is -0.494 e. The smallest absolute Gasteiger partial charge is 0.220 e. The topological polar surface area (TPSA) is 41.6 Å². The highest BCUT2D eigenvalue weighted by Gasteiger charge is 2.16. The predicted octanol–water partition coefficient (Wildman–Crippen LogP) is 5.27. The van der Waals surface area contributed by atoms with Crippen LogP contribution >= 0.6 is 0 Å². The third kappa shape index (κ3) is 6.52. The molecule has 0 saturated carbocycles. The number of nitrogens with one attached hydrogen (secondary N) is 1. The predicted molar refractivity (Wildman–Crippen MR) is 120 cm³/mol. The maximum Gasteiger partial charge on any atom is 0.220 e. The van der Waals surface area contributed by atoms with Crippen molar-refractivity contribution in [1.29, 1.82) is 0 Å². The monoisotopic (exact) mass is 394 g/mol. The molecular formula is C25H34N2O2. The lowest BCUT2D eigenvalue weighted by Gasteiger charge is -2.32. The van der Waals surface area contributed by atoms with Crippen molar-refractivity contribution >= 4 is 11.6 Å². The molecule has 0 spiro atoms. The van der Waals surface area contributed by atoms with Crippen molar-refractivity contribution in [1.82, 2.24) is 5.32 Å². The third-order valence-electron chi connectivity index (χ3n) is 5.76. The van der Waals surface area contributed by atoms with E-state index in [9.17, 15) is 4.79 Å². The largest absolute Gasteiger partial charge is 0.494 e. The molecule has 1 fully saturated rings. The highest BCUT2D eigenvalue weighted by atomic mass is 16.5. The zero-order chi connectivity index (χ0) is 20.6. The Morgan fingerprint density at radius 3 is 2.41 bits per heavy atom. The average molecular weight is 395 g/mol. The number of amides is 1. The Morgan fingerprint density at radius 1 is 1.10 bits per heavy atom. The van der Waals surface area contributed by atoms with Gasteiger partial charge in [-0.2, -0.15) is 0 Å². The maximum absolute atomic E-state index is 12.3. The van der Waals surface area contributed by atoms with Gasteiger partial charge in [0.15, 0.2) is 0 Å². The second-order valence-electron chi connectivity index (χ2n) is 8.32. The van der Waals surface area contributed by atoms with Gasteiger partial charge in [0.1, 0.15) is 5.75 Å². The third-order valence-corrected chi connectivity index (χ3v) is 5.76. The second-order valence-corrected chi connectivity index (χ2v) is 8.32. The summed E-state index contributed by atoms with van der Waals surface area (Å²) < 4.78 is 5.69. The van der Waals surface area contributed by atoms with E-state index in [4.69, 9.17) is 4.74 Å². The normalized spacial score (nSPS) is 15.8. The summed E-state index contributed by atoms with van der Waals surface area (Å²) in [5.74, 6) is 1.76. The average Bonchev–Trinajstić information content (AvgIpc) is 2.73. The first-order chi connectivity index (χ1) is 14.0. The fraction of sp³-hybridized carbons (Fsp3) is 0.480. The van der Waals surface area contributed by atoms with Gasteiger partial charge in [-0.15, -0.1) is 0 Å². The Bertz CT molecular complexity index is 762. The lowest BCUT2D eigenvalue weighted by Crippen LogP contribution is -2.32. The molecule has 2 aromatic rings. The molecule has 1 amide bonds. The summed E-state index contributed by atoms with van der Waals surface area (Å²) in [5.41, 5.74) is 3.64. The SMILES string of the molecule is Cc1ccc(OCCCC(=O)NC(C)c2ccc(N3CCC(C)CC3)cc2)cc1. The van der Waals surface area contributed by atoms with Gasteiger partial charge < -0.3 is 15.0 Å². The van der Waals surface area contributed by atoms with Crippen LogP contribution in [0.25, 0.3) is 0 Å². The van der Waals surface area contributed by atoms with E-state index in [0.29, 0.717) is 19.4 Å². The zero-order valence-corrected chi connectivity index (χ0v) is 18.0. The molecule has 2 aromatic carbocycles. The molecule has 1 heterocycles. The number of aryl methyl sites for hydroxylation is 1. The van der Waals surface area contributed by atoms with Gasteiger partial charge in [-0.05, 0) is 68.9 Å². The van der Waals surface area contributed by atoms with Crippen LogP contribution in [0.2, 0.25) is 0 Å². The molecule has 4 nitrogen and oxygen atoms in total. The van der Waals surface area contributed by atoms with Crippen LogP contribution in [0, 0.1) is 12.8 Å². The van der Waals surface area contributed by atoms with Gasteiger partial charge >= 0.3 is 0 Å². The number of benzene rings is 2. The minimum absolute atomic E-state index is 0.0101. The first-order valence-corrected chi connectivity index (χ1v) is 10.8. The molecule has 4 heteroatoms. The summed E-state index contributed by atoms with van der Waals surface area (Å²) in [6.45, 7) is 9.25. The van der Waals surface area contributed by atoms with E-state index >= 15 is 0 Å². The molecule has 1 aliphatic rings. The van der Waals surface area contributed by atoms with Gasteiger partial charge in [0.2, 0.25) is 5.91 Å². The molecule has 156 valence electrons. The summed E-state index contributed by atoms with van der Waals surface area (Å²) in [7, 11) is 0. The Kier molecular flexibility index (Phi) is 7.56. The van der Waals surface area contributed by atoms with E-state index in [-0.39, 0.29) is 11.9 Å². The quantitative estimate of drug-likeness (QED) is 0.620. The highest BCUT2D eigenvalue weighted by molar-refractivity contribution is 5.76. The first-order valence-electron chi connectivity index (χ1n) is 10.8. The first kappa shape index (κ1) is 21.2. The molecule has 0 bridgehead atoms. The number of carbonyl (C=O) groups excluding carboxylic acids is 1. The molecule has 1 unspecified atom stereocenters. The van der Waals surface area contributed by atoms with Crippen LogP contribution in [-0.4, -0.2) is 25.6 Å². The fourth-order valence-electron chi connectivity index (χ4n) is 3.69. The molecule has 1 atom stereocenters. The Balaban J connectivity index is 1.39. The van der Waals surface area contributed by atoms with E-state index in [1.165, 1.54) is 24.1 Å². The minimum atomic E-state index is 0.0101. The molecule has 29 heavy (non-hydrogen) atoms. The maximum atomic E-state index is 12.3. The summed E-state index contributed by atoms with van der Waals surface area (Å²) in [6.07, 6.45) is 3.71. The number of piperidine rings is 1. The summed E-state index contributed by atoms with van der Waals surface area (Å²) in [4.78, 5) is 14.7. The van der Waals surface area contributed by atoms with Crippen LogP contribution in [0.4, 0.5) is 5.69 Å². The van der Waals surface area contributed by atoms with Gasteiger partial charge in [-0.3, -0.25) is 4.79 Å². The van der Waals surface area contributed by atoms with Gasteiger partial charge in [0.25, 0.3) is 0 Å². The number of hydrogen-bond acceptors (Lipinski definition) is 3. The van der Waals surface area contributed by atoms with Crippen molar-refractivity contribution in [3.8, 4) is 5.75 Å². The Hall–Kier alpha value is -2.49. The van der Waals surface area contributed by atoms with Crippen molar-refractivity contribution in [2.24, 2.45) is 5.92 Å². The molecule has 0 aromatic heterocycles. The van der Waals surface area contributed by atoms with Crippen LogP contribution in [0.1, 0.15) is 56.7 Å². The lowest BCUT2D eigenvalue weighted by molar-refractivity contribution is -0.121. The van der Waals surface area contributed by atoms with Crippen LogP contribution in [0.3, 0.4) is 0 Å². The molecule has 1 N–H and O–H groups in total. The number of nitrogens with zero attached hydrogens (tertiary/aromatic N) is 1. The van der Waals surface area contributed by atoms with E-state index in [1.54, 1.807) is 0 Å². The number of rotatable bonds is 8. The van der Waals surface area contributed by atoms with Crippen LogP contribution < -0.4 is 15.0 Å². The van der Waals surface area contributed by atoms with Gasteiger partial charge in [-0.1, -0.05) is 36.8 Å². The summed E-state index contributed by atoms with van der Waals surface area (Å²) in [6, 6.07) is 16.6. The van der Waals surface area contributed by atoms with Crippen molar-refractivity contribution in [2.75, 3.05) is 24.6 Å². The van der Waals surface area contributed by atoms with Crippen molar-refractivity contribution in [2.45, 2.75) is 52.5 Å². The zero-order valence-electron chi connectivity index (χ0n) is 18.0. The van der Waals surface area contributed by atoms with Crippen LogP contribution in [-0.2, 0) is 4.79 Å². The standard InChI is InChI=1S/C25H34N2O2/c1-19-6-12-24(13-7-19)29-18-4-5-25(28)26-21(3)22-8-10-23(11-9-22)27-16-14-20(2)15-17-27/h6-13,20-21H,4-5,14-18H2,1-3H3,(H,26,28). The summed E-state index contributed by atoms with van der Waals surface area (Å²) in [5, 5.41) is 3.10. The van der Waals surface area contributed by atoms with Crippen LogP contribution in [0.5, 0.6) is 5.75 Å². The van der Waals surface area contributed by atoms with Crippen LogP contribution in [0.15, 0.2) is 48.5 Å². The molecule has 1 aliphatic heterocycles. The Labute approximate surface area is 175 Å². The highest BCUT2D eigenvalue weighted by Crippen LogP contribution is 2.24. The van der Waals surface area contributed by atoms with E-state index in [0.717, 1.165) is 30.3 Å². The number of anilines is 1. The molecule has 1 saturated heterocycles. The van der Waals surface area contributed by atoms with Crippen molar-refractivity contribution in [3.05, 3.63) is 59.7 Å². The van der Waals surface area contributed by atoms with Crippen molar-refractivity contribution in [3.63, 3.8) is 0 Å². The number of carbonyl (C=O) groups is 1. The van der Waals surface area contributed by atoms with E-state index in [1.807, 2.05) is 31.2 Å². The fourth-order valence-corrected chi connectivity index (χ4v) is 3.69. The number of ether oxygens (including phenoxy) is 1. The molecule has 0 aliphatic carbocycles. The summed E-state index contributed by atoms with van der Waals surface area (Å²) >= 11 is 0. The Morgan fingerprint density at radius 2 is 1.76 bits per heavy atom. The van der Waals surface area contributed by atoms with Gasteiger partial charge in [-0.25, -0.2) is 0 Å². The lowest BCUT2D eigenvalue weighted by atomic mass is 9.98. The van der Waals surface area contributed by atoms with Gasteiger partial charge in [0.05, 0.1) is 12.6 Å². The van der Waals surface area contributed by atoms with E-state index in [2.05, 4.69) is 48.3 Å².